The molecule has 1 aliphatic carbocycles. The average Bonchev–Trinajstić information content (AvgIpc) is 2.43. The van der Waals surface area contributed by atoms with Crippen LogP contribution in [0.3, 0.4) is 0 Å². The van der Waals surface area contributed by atoms with E-state index in [1.165, 1.54) is 6.42 Å². The first-order valence-corrected chi connectivity index (χ1v) is 3.39. The van der Waals surface area contributed by atoms with Crippen molar-refractivity contribution in [3.8, 4) is 0 Å². The van der Waals surface area contributed by atoms with Gasteiger partial charge in [0.1, 0.15) is 0 Å². The third kappa shape index (κ3) is 1.54. The molecule has 0 saturated heterocycles. The van der Waals surface area contributed by atoms with Gasteiger partial charge < -0.3 is 5.11 Å². The summed E-state index contributed by atoms with van der Waals surface area (Å²) in [7, 11) is 0. The van der Waals surface area contributed by atoms with Crippen molar-refractivity contribution in [1.29, 1.82) is 0 Å². The first-order chi connectivity index (χ1) is 4.38. The number of fused-ring (bicyclic) bond motifs is 1. The molecule has 0 bridgehead atoms. The van der Waals surface area contributed by atoms with Crippen LogP contribution < -0.4 is 0 Å². The molecule has 3 heteroatoms. The van der Waals surface area contributed by atoms with E-state index in [4.69, 9.17) is 9.90 Å². The number of rotatable bonds is 0. The minimum absolute atomic E-state index is 0.250. The van der Waals surface area contributed by atoms with Gasteiger partial charge >= 0.3 is 0 Å². The molecule has 9 heavy (non-hydrogen) atoms. The van der Waals surface area contributed by atoms with E-state index >= 15 is 0 Å². The van der Waals surface area contributed by atoms with Crippen molar-refractivity contribution in [1.82, 2.24) is 0 Å². The zero-order chi connectivity index (χ0) is 6.69. The highest BCUT2D eigenvalue weighted by atomic mass is 32.1. The summed E-state index contributed by atoms with van der Waals surface area (Å²) in [5.41, 5.74) is 1.57. The molecule has 0 unspecified atom stereocenters. The van der Waals surface area contributed by atoms with Gasteiger partial charge in [-0.25, -0.2) is 0 Å². The van der Waals surface area contributed by atoms with Gasteiger partial charge in [-0.15, -0.1) is 11.3 Å². The molecule has 1 aliphatic rings. The van der Waals surface area contributed by atoms with Crippen LogP contribution in [0.1, 0.15) is 10.4 Å². The topological polar surface area (TPSA) is 37.3 Å². The number of thiophene rings is 1. The molecule has 0 spiro atoms. The van der Waals surface area contributed by atoms with E-state index in [1.54, 1.807) is 10.4 Å². The van der Waals surface area contributed by atoms with Gasteiger partial charge in [-0.3, -0.25) is 4.79 Å². The standard InChI is InChI=1S/C5H4S.CH2O2/c1-2-6-5-3-4(1)5;2-1-3/h1-2H,3H2;1H,(H,2,3). The van der Waals surface area contributed by atoms with Crippen LogP contribution >= 0.6 is 11.3 Å². The molecular formula is C6H6O2S. The zero-order valence-corrected chi connectivity index (χ0v) is 5.52. The summed E-state index contributed by atoms with van der Waals surface area (Å²) in [5.74, 6) is 0. The molecule has 1 heterocycles. The Morgan fingerprint density at radius 3 is 2.56 bits per heavy atom. The lowest BCUT2D eigenvalue weighted by atomic mass is 10.6. The minimum atomic E-state index is -0.250. The van der Waals surface area contributed by atoms with E-state index in [0.717, 1.165) is 0 Å². The molecule has 0 fully saturated rings. The number of hydrogen-bond acceptors (Lipinski definition) is 2. The first kappa shape index (κ1) is 6.29. The molecule has 0 atom stereocenters. The molecule has 1 aromatic rings. The molecule has 0 radical (unpaired) electrons. The largest absolute Gasteiger partial charge is 0.483 e. The third-order valence-corrected chi connectivity index (χ3v) is 2.03. The quantitative estimate of drug-likeness (QED) is 0.564. The molecular weight excluding hydrogens is 136 g/mol. The van der Waals surface area contributed by atoms with Crippen LogP contribution in [-0.2, 0) is 11.2 Å². The summed E-state index contributed by atoms with van der Waals surface area (Å²) in [6.07, 6.45) is 1.29. The Labute approximate surface area is 56.8 Å². The van der Waals surface area contributed by atoms with Gasteiger partial charge in [0.15, 0.2) is 0 Å². The predicted molar refractivity (Wildman–Crippen MR) is 35.8 cm³/mol. The molecule has 0 aliphatic heterocycles. The van der Waals surface area contributed by atoms with Crippen molar-refractivity contribution in [3.63, 3.8) is 0 Å². The Morgan fingerprint density at radius 1 is 1.78 bits per heavy atom. The molecule has 0 saturated carbocycles. The highest BCUT2D eigenvalue weighted by Crippen LogP contribution is 2.32. The average molecular weight is 142 g/mol. The van der Waals surface area contributed by atoms with Gasteiger partial charge in [0.2, 0.25) is 0 Å². The predicted octanol–water partition coefficient (Wildman–Crippen LogP) is 1.35. The van der Waals surface area contributed by atoms with Gasteiger partial charge in [0.25, 0.3) is 6.47 Å². The minimum Gasteiger partial charge on any atom is -0.483 e. The van der Waals surface area contributed by atoms with E-state index in [2.05, 4.69) is 11.4 Å². The Morgan fingerprint density at radius 2 is 2.44 bits per heavy atom. The van der Waals surface area contributed by atoms with Gasteiger partial charge in [0, 0.05) is 11.3 Å². The Balaban J connectivity index is 0.000000120. The van der Waals surface area contributed by atoms with Crippen molar-refractivity contribution >= 4 is 17.8 Å². The second-order valence-electron chi connectivity index (χ2n) is 1.65. The van der Waals surface area contributed by atoms with Crippen LogP contribution in [0.25, 0.3) is 0 Å². The molecule has 1 N–H and O–H groups in total. The van der Waals surface area contributed by atoms with Crippen LogP contribution in [0.4, 0.5) is 0 Å². The SMILES string of the molecule is O=CO.c1cc2c(s1)C2. The first-order valence-electron chi connectivity index (χ1n) is 2.51. The molecule has 2 rings (SSSR count). The zero-order valence-electron chi connectivity index (χ0n) is 4.70. The summed E-state index contributed by atoms with van der Waals surface area (Å²) in [6, 6.07) is 2.19. The Hall–Kier alpha value is -0.830. The van der Waals surface area contributed by atoms with Crippen LogP contribution in [0.15, 0.2) is 11.4 Å². The highest BCUT2D eigenvalue weighted by molar-refractivity contribution is 7.10. The molecule has 0 amide bonds. The molecule has 2 nitrogen and oxygen atoms in total. The maximum absolute atomic E-state index is 8.36. The highest BCUT2D eigenvalue weighted by Gasteiger charge is 2.15. The third-order valence-electron chi connectivity index (χ3n) is 1.06. The summed E-state index contributed by atoms with van der Waals surface area (Å²) in [5, 5.41) is 9.04. The van der Waals surface area contributed by atoms with Crippen molar-refractivity contribution in [2.24, 2.45) is 0 Å². The second kappa shape index (κ2) is 2.64. The molecule has 0 aromatic carbocycles. The van der Waals surface area contributed by atoms with Crippen molar-refractivity contribution in [2.45, 2.75) is 6.42 Å². The maximum Gasteiger partial charge on any atom is 0.290 e. The van der Waals surface area contributed by atoms with Gasteiger partial charge in [0.05, 0.1) is 0 Å². The fourth-order valence-corrected chi connectivity index (χ4v) is 1.45. The number of carboxylic acid groups (broad SMARTS) is 1. The van der Waals surface area contributed by atoms with E-state index < -0.39 is 0 Å². The molecule has 48 valence electrons. The number of carbonyl (C=O) groups is 1. The summed E-state index contributed by atoms with van der Waals surface area (Å²) < 4.78 is 0. The fraction of sp³-hybridized carbons (Fsp3) is 0.167. The van der Waals surface area contributed by atoms with Crippen LogP contribution in [0.2, 0.25) is 0 Å². The van der Waals surface area contributed by atoms with Crippen LogP contribution in [0.5, 0.6) is 0 Å². The lowest BCUT2D eigenvalue weighted by Gasteiger charge is -1.56. The fourth-order valence-electron chi connectivity index (χ4n) is 0.596. The summed E-state index contributed by atoms with van der Waals surface area (Å²) >= 11 is 1.87. The van der Waals surface area contributed by atoms with Gasteiger partial charge in [-0.05, 0) is 17.0 Å². The maximum atomic E-state index is 8.36. The number of hydrogen-bond donors (Lipinski definition) is 1. The summed E-state index contributed by atoms with van der Waals surface area (Å²) in [6.45, 7) is -0.250. The van der Waals surface area contributed by atoms with E-state index in [1.807, 2.05) is 11.3 Å². The van der Waals surface area contributed by atoms with E-state index in [-0.39, 0.29) is 6.47 Å². The van der Waals surface area contributed by atoms with Crippen molar-refractivity contribution < 1.29 is 9.90 Å². The second-order valence-corrected chi connectivity index (χ2v) is 2.65. The smallest absolute Gasteiger partial charge is 0.290 e. The lowest BCUT2D eigenvalue weighted by Crippen LogP contribution is -1.49. The van der Waals surface area contributed by atoms with Crippen molar-refractivity contribution in [2.75, 3.05) is 0 Å². The summed E-state index contributed by atoms with van der Waals surface area (Å²) in [4.78, 5) is 9.95. The molecule has 1 aromatic heterocycles. The van der Waals surface area contributed by atoms with E-state index in [0.29, 0.717) is 0 Å². The van der Waals surface area contributed by atoms with E-state index in [9.17, 15) is 0 Å². The van der Waals surface area contributed by atoms with Crippen LogP contribution in [0, 0.1) is 0 Å². The lowest BCUT2D eigenvalue weighted by molar-refractivity contribution is -0.122. The Kier molecular flexibility index (Phi) is 1.85. The normalized spacial score (nSPS) is 10.7. The van der Waals surface area contributed by atoms with Crippen molar-refractivity contribution in [3.05, 3.63) is 21.9 Å². The Bertz CT molecular complexity index is 188. The monoisotopic (exact) mass is 142 g/mol. The van der Waals surface area contributed by atoms with Crippen LogP contribution in [-0.4, -0.2) is 11.6 Å². The van der Waals surface area contributed by atoms with Gasteiger partial charge in [-0.2, -0.15) is 0 Å². The van der Waals surface area contributed by atoms with Gasteiger partial charge in [-0.1, -0.05) is 0 Å².